The van der Waals surface area contributed by atoms with Gasteiger partial charge in [0.2, 0.25) is 15.9 Å². The van der Waals surface area contributed by atoms with Gasteiger partial charge in [-0.15, -0.1) is 0 Å². The Labute approximate surface area is 166 Å². The number of carbonyl (C=O) groups is 1. The van der Waals surface area contributed by atoms with E-state index in [4.69, 9.17) is 0 Å². The molecule has 0 radical (unpaired) electrons. The summed E-state index contributed by atoms with van der Waals surface area (Å²) < 4.78 is 26.5. The third kappa shape index (κ3) is 5.27. The second-order valence-electron chi connectivity index (χ2n) is 6.92. The van der Waals surface area contributed by atoms with Gasteiger partial charge in [-0.25, -0.2) is 8.42 Å². The lowest BCUT2D eigenvalue weighted by atomic mass is 9.97. The lowest BCUT2D eigenvalue weighted by molar-refractivity contribution is -0.126. The van der Waals surface area contributed by atoms with Crippen LogP contribution in [0.1, 0.15) is 37.1 Å². The van der Waals surface area contributed by atoms with Gasteiger partial charge in [0.1, 0.15) is 0 Å². The fourth-order valence-corrected chi connectivity index (χ4v) is 4.45. The molecule has 0 spiro atoms. The third-order valence-electron chi connectivity index (χ3n) is 4.91. The maximum absolute atomic E-state index is 12.5. The van der Waals surface area contributed by atoms with Crippen LogP contribution in [-0.2, 0) is 14.8 Å². The van der Waals surface area contributed by atoms with Crippen LogP contribution in [-0.4, -0.2) is 36.7 Å². The van der Waals surface area contributed by atoms with Crippen LogP contribution in [0.4, 0.5) is 0 Å². The fraction of sp³-hybridized carbons (Fsp3) is 0.333. The van der Waals surface area contributed by atoms with E-state index in [1.807, 2.05) is 55.5 Å². The van der Waals surface area contributed by atoms with E-state index in [1.165, 1.54) is 9.71 Å². The van der Waals surface area contributed by atoms with Crippen LogP contribution >= 0.6 is 0 Å². The molecule has 2 heterocycles. The molecule has 1 aliphatic rings. The molecule has 0 bridgehead atoms. The highest BCUT2D eigenvalue weighted by molar-refractivity contribution is 7.92. The molecule has 0 aliphatic carbocycles. The van der Waals surface area contributed by atoms with Gasteiger partial charge >= 0.3 is 0 Å². The predicted molar refractivity (Wildman–Crippen MR) is 109 cm³/mol. The van der Waals surface area contributed by atoms with Crippen LogP contribution in [0.5, 0.6) is 0 Å². The van der Waals surface area contributed by atoms with Crippen LogP contribution in [0.3, 0.4) is 0 Å². The van der Waals surface area contributed by atoms with E-state index >= 15 is 0 Å². The van der Waals surface area contributed by atoms with Gasteiger partial charge in [-0.1, -0.05) is 36.4 Å². The zero-order valence-corrected chi connectivity index (χ0v) is 16.7. The third-order valence-corrected chi connectivity index (χ3v) is 6.47. The van der Waals surface area contributed by atoms with Gasteiger partial charge in [0.15, 0.2) is 0 Å². The molecule has 1 fully saturated rings. The molecule has 7 heteroatoms. The van der Waals surface area contributed by atoms with Crippen LogP contribution in [0.2, 0.25) is 0 Å². The predicted octanol–water partition coefficient (Wildman–Crippen LogP) is 2.97. The van der Waals surface area contributed by atoms with Crippen molar-refractivity contribution in [1.29, 1.82) is 0 Å². The highest BCUT2D eigenvalue weighted by atomic mass is 32.2. The average Bonchev–Trinajstić information content (AvgIpc) is 2.74. The van der Waals surface area contributed by atoms with Crippen molar-refractivity contribution in [2.24, 2.45) is 5.92 Å². The minimum absolute atomic E-state index is 0.0463. The second kappa shape index (κ2) is 9.12. The fourth-order valence-electron chi connectivity index (χ4n) is 3.22. The molecule has 1 atom stereocenters. The van der Waals surface area contributed by atoms with Crippen molar-refractivity contribution in [3.63, 3.8) is 0 Å². The Morgan fingerprint density at radius 1 is 1.14 bits per heavy atom. The standard InChI is InChI=1S/C21H25N3O3S/c1-17(20-9-5-6-13-22-20)23-21(25)19-10-14-24(15-11-19)28(26,27)16-12-18-7-3-2-4-8-18/h2-9,12-13,16-17,19H,10-11,14-15H2,1H3,(H,23,25). The first-order chi connectivity index (χ1) is 13.5. The van der Waals surface area contributed by atoms with Crippen LogP contribution < -0.4 is 5.32 Å². The molecule has 1 aromatic carbocycles. The van der Waals surface area contributed by atoms with Gasteiger partial charge in [-0.2, -0.15) is 4.31 Å². The maximum atomic E-state index is 12.5. The van der Waals surface area contributed by atoms with Crippen molar-refractivity contribution in [3.8, 4) is 0 Å². The van der Waals surface area contributed by atoms with E-state index in [9.17, 15) is 13.2 Å². The average molecular weight is 400 g/mol. The molecule has 0 saturated carbocycles. The molecule has 2 aromatic rings. The number of carbonyl (C=O) groups excluding carboxylic acids is 1. The highest BCUT2D eigenvalue weighted by Crippen LogP contribution is 2.22. The van der Waals surface area contributed by atoms with E-state index in [0.29, 0.717) is 25.9 Å². The first-order valence-corrected chi connectivity index (χ1v) is 10.9. The molecule has 1 N–H and O–H groups in total. The second-order valence-corrected chi connectivity index (χ2v) is 8.74. The summed E-state index contributed by atoms with van der Waals surface area (Å²) in [6.07, 6.45) is 4.32. The largest absolute Gasteiger partial charge is 0.348 e. The number of hydrogen-bond acceptors (Lipinski definition) is 4. The van der Waals surface area contributed by atoms with Crippen molar-refractivity contribution in [2.45, 2.75) is 25.8 Å². The summed E-state index contributed by atoms with van der Waals surface area (Å²) in [5.41, 5.74) is 1.64. The summed E-state index contributed by atoms with van der Waals surface area (Å²) >= 11 is 0. The van der Waals surface area contributed by atoms with E-state index in [-0.39, 0.29) is 17.9 Å². The first kappa shape index (κ1) is 20.2. The Bertz CT molecular complexity index is 906. The number of rotatable bonds is 6. The summed E-state index contributed by atoms with van der Waals surface area (Å²) in [5.74, 6) is -0.231. The summed E-state index contributed by atoms with van der Waals surface area (Å²) in [4.78, 5) is 16.8. The van der Waals surface area contributed by atoms with Gasteiger partial charge in [0.05, 0.1) is 11.7 Å². The SMILES string of the molecule is CC(NC(=O)C1CCN(S(=O)(=O)C=Cc2ccccc2)CC1)c1ccccn1. The monoisotopic (exact) mass is 399 g/mol. The van der Waals surface area contributed by atoms with Gasteiger partial charge in [0.25, 0.3) is 0 Å². The Hall–Kier alpha value is -2.51. The normalized spacial score (nSPS) is 17.5. The number of nitrogens with zero attached hydrogens (tertiary/aromatic N) is 2. The minimum atomic E-state index is -3.49. The Kier molecular flexibility index (Phi) is 6.59. The number of sulfonamides is 1. The maximum Gasteiger partial charge on any atom is 0.236 e. The number of pyridine rings is 1. The van der Waals surface area contributed by atoms with E-state index in [2.05, 4.69) is 10.3 Å². The molecule has 28 heavy (non-hydrogen) atoms. The number of hydrogen-bond donors (Lipinski definition) is 1. The number of amides is 1. The van der Waals surface area contributed by atoms with Gasteiger partial charge in [-0.05, 0) is 43.5 Å². The van der Waals surface area contributed by atoms with Crippen molar-refractivity contribution in [1.82, 2.24) is 14.6 Å². The minimum Gasteiger partial charge on any atom is -0.348 e. The van der Waals surface area contributed by atoms with Crippen molar-refractivity contribution in [2.75, 3.05) is 13.1 Å². The Morgan fingerprint density at radius 2 is 1.82 bits per heavy atom. The summed E-state index contributed by atoms with van der Waals surface area (Å²) in [5, 5.41) is 4.22. The molecule has 1 unspecified atom stereocenters. The van der Waals surface area contributed by atoms with Crippen molar-refractivity contribution < 1.29 is 13.2 Å². The molecule has 3 rings (SSSR count). The molecule has 1 amide bonds. The number of benzene rings is 1. The smallest absolute Gasteiger partial charge is 0.236 e. The summed E-state index contributed by atoms with van der Waals surface area (Å²) in [6.45, 7) is 2.59. The Morgan fingerprint density at radius 3 is 2.46 bits per heavy atom. The van der Waals surface area contributed by atoms with Crippen molar-refractivity contribution in [3.05, 3.63) is 71.4 Å². The lowest BCUT2D eigenvalue weighted by Gasteiger charge is -2.30. The van der Waals surface area contributed by atoms with Gasteiger partial charge in [0, 0.05) is 30.6 Å². The highest BCUT2D eigenvalue weighted by Gasteiger charge is 2.30. The molecule has 1 aromatic heterocycles. The molecule has 6 nitrogen and oxygen atoms in total. The topological polar surface area (TPSA) is 79.4 Å². The van der Waals surface area contributed by atoms with E-state index in [1.54, 1.807) is 12.3 Å². The van der Waals surface area contributed by atoms with Crippen LogP contribution in [0, 0.1) is 5.92 Å². The molecule has 1 aliphatic heterocycles. The van der Waals surface area contributed by atoms with Crippen molar-refractivity contribution >= 4 is 22.0 Å². The summed E-state index contributed by atoms with van der Waals surface area (Å²) in [7, 11) is -3.49. The molecule has 148 valence electrons. The zero-order chi connectivity index (χ0) is 20.0. The molecular weight excluding hydrogens is 374 g/mol. The van der Waals surface area contributed by atoms with Gasteiger partial charge in [-0.3, -0.25) is 9.78 Å². The lowest BCUT2D eigenvalue weighted by Crippen LogP contribution is -2.42. The van der Waals surface area contributed by atoms with Crippen LogP contribution in [0.25, 0.3) is 6.08 Å². The molecular formula is C21H25N3O3S. The van der Waals surface area contributed by atoms with E-state index in [0.717, 1.165) is 11.3 Å². The Balaban J connectivity index is 1.53. The van der Waals surface area contributed by atoms with Gasteiger partial charge < -0.3 is 5.32 Å². The number of piperidine rings is 1. The molecule has 1 saturated heterocycles. The summed E-state index contributed by atoms with van der Waals surface area (Å²) in [6, 6.07) is 14.7. The number of nitrogens with one attached hydrogen (secondary N) is 1. The zero-order valence-electron chi connectivity index (χ0n) is 15.9. The van der Waals surface area contributed by atoms with Crippen LogP contribution in [0.15, 0.2) is 60.1 Å². The van der Waals surface area contributed by atoms with E-state index < -0.39 is 10.0 Å². The number of aromatic nitrogens is 1. The quantitative estimate of drug-likeness (QED) is 0.810. The first-order valence-electron chi connectivity index (χ1n) is 9.40.